The quantitative estimate of drug-likeness (QED) is 0.700. The number of hydrogen-bond acceptors (Lipinski definition) is 6. The van der Waals surface area contributed by atoms with Gasteiger partial charge in [0, 0.05) is 43.3 Å². The minimum atomic E-state index is -0.246. The summed E-state index contributed by atoms with van der Waals surface area (Å²) in [6.07, 6.45) is 0.776. The fourth-order valence-corrected chi connectivity index (χ4v) is 4.06. The van der Waals surface area contributed by atoms with E-state index >= 15 is 0 Å². The Morgan fingerprint density at radius 1 is 1.42 bits per heavy atom. The largest absolute Gasteiger partial charge is 0.382 e. The molecule has 0 bridgehead atoms. The first kappa shape index (κ1) is 19.2. The van der Waals surface area contributed by atoms with Gasteiger partial charge in [-0.1, -0.05) is 11.8 Å². The van der Waals surface area contributed by atoms with Gasteiger partial charge in [-0.2, -0.15) is 0 Å². The van der Waals surface area contributed by atoms with E-state index in [4.69, 9.17) is 9.47 Å². The second-order valence-corrected chi connectivity index (χ2v) is 7.25. The third kappa shape index (κ3) is 4.76. The molecule has 3 rings (SSSR count). The Kier molecular flexibility index (Phi) is 6.90. The maximum absolute atomic E-state index is 12.5. The summed E-state index contributed by atoms with van der Waals surface area (Å²) in [6, 6.07) is 5.45. The van der Waals surface area contributed by atoms with Crippen LogP contribution in [-0.4, -0.2) is 68.1 Å². The van der Waals surface area contributed by atoms with Crippen molar-refractivity contribution >= 4 is 29.3 Å². The van der Waals surface area contributed by atoms with Crippen molar-refractivity contribution in [1.29, 1.82) is 0 Å². The van der Waals surface area contributed by atoms with Crippen LogP contribution in [0.25, 0.3) is 0 Å². The highest BCUT2D eigenvalue weighted by Crippen LogP contribution is 2.37. The van der Waals surface area contributed by atoms with Crippen LogP contribution in [0.3, 0.4) is 0 Å². The number of carbonyl (C=O) groups is 2. The summed E-state index contributed by atoms with van der Waals surface area (Å²) >= 11 is 1.53. The van der Waals surface area contributed by atoms with Gasteiger partial charge in [-0.15, -0.1) is 0 Å². The Balaban J connectivity index is 1.59. The summed E-state index contributed by atoms with van der Waals surface area (Å²) in [5, 5.41) is 5.57. The van der Waals surface area contributed by atoms with Gasteiger partial charge in [-0.3, -0.25) is 14.5 Å². The first-order valence-corrected chi connectivity index (χ1v) is 9.86. The van der Waals surface area contributed by atoms with Crippen molar-refractivity contribution in [3.8, 4) is 0 Å². The predicted molar refractivity (Wildman–Crippen MR) is 101 cm³/mol. The molecule has 2 amide bonds. The van der Waals surface area contributed by atoms with Gasteiger partial charge in [0.05, 0.1) is 18.9 Å². The van der Waals surface area contributed by atoms with Gasteiger partial charge in [-0.05, 0) is 31.5 Å². The molecule has 2 heterocycles. The van der Waals surface area contributed by atoms with E-state index in [2.05, 4.69) is 15.5 Å². The highest BCUT2D eigenvalue weighted by Gasteiger charge is 2.33. The lowest BCUT2D eigenvalue weighted by atomic mass is 10.1. The fraction of sp³-hybridized carbons (Fsp3) is 0.556. The van der Waals surface area contributed by atoms with Crippen LogP contribution in [0.15, 0.2) is 23.1 Å². The molecular weight excluding hydrogens is 354 g/mol. The van der Waals surface area contributed by atoms with Crippen LogP contribution >= 0.6 is 11.8 Å². The SMILES string of the molecule is CCOCCCNC(=O)c1ccc2c(c1)NC(=O)C(N1CCOCC1)S2. The molecule has 0 aliphatic carbocycles. The van der Waals surface area contributed by atoms with E-state index in [1.165, 1.54) is 11.8 Å². The average molecular weight is 379 g/mol. The zero-order valence-electron chi connectivity index (χ0n) is 15.0. The average Bonchev–Trinajstić information content (AvgIpc) is 2.67. The van der Waals surface area contributed by atoms with Gasteiger partial charge >= 0.3 is 0 Å². The van der Waals surface area contributed by atoms with Crippen LogP contribution in [-0.2, 0) is 14.3 Å². The van der Waals surface area contributed by atoms with E-state index < -0.39 is 0 Å². The molecule has 2 N–H and O–H groups in total. The van der Waals surface area contributed by atoms with Crippen LogP contribution < -0.4 is 10.6 Å². The van der Waals surface area contributed by atoms with Crippen molar-refractivity contribution in [3.63, 3.8) is 0 Å². The molecule has 0 saturated carbocycles. The summed E-state index contributed by atoms with van der Waals surface area (Å²) in [5.41, 5.74) is 1.25. The first-order chi connectivity index (χ1) is 12.7. The summed E-state index contributed by atoms with van der Waals surface area (Å²) in [5.74, 6) is -0.183. The summed E-state index contributed by atoms with van der Waals surface area (Å²) in [7, 11) is 0. The van der Waals surface area contributed by atoms with Gasteiger partial charge in [0.15, 0.2) is 0 Å². The Bertz CT molecular complexity index is 649. The van der Waals surface area contributed by atoms with Gasteiger partial charge < -0.3 is 20.1 Å². The number of anilines is 1. The molecule has 1 fully saturated rings. The lowest BCUT2D eigenvalue weighted by molar-refractivity contribution is -0.119. The van der Waals surface area contributed by atoms with Crippen molar-refractivity contribution in [2.24, 2.45) is 0 Å². The highest BCUT2D eigenvalue weighted by atomic mass is 32.2. The number of rotatable bonds is 7. The number of nitrogens with one attached hydrogen (secondary N) is 2. The standard InChI is InChI=1S/C18H25N3O4S/c1-2-24-9-3-6-19-16(22)13-4-5-15-14(12-13)20-17(23)18(26-15)21-7-10-25-11-8-21/h4-5,12,18H,2-3,6-11H2,1H3,(H,19,22)(H,20,23). The Morgan fingerprint density at radius 2 is 2.23 bits per heavy atom. The maximum Gasteiger partial charge on any atom is 0.252 e. The van der Waals surface area contributed by atoms with Crippen LogP contribution in [0.4, 0.5) is 5.69 Å². The molecule has 26 heavy (non-hydrogen) atoms. The molecule has 1 aromatic rings. The van der Waals surface area contributed by atoms with E-state index in [-0.39, 0.29) is 17.2 Å². The number of nitrogens with zero attached hydrogens (tertiary/aromatic N) is 1. The number of hydrogen-bond donors (Lipinski definition) is 2. The van der Waals surface area contributed by atoms with Crippen LogP contribution in [0.2, 0.25) is 0 Å². The number of fused-ring (bicyclic) bond motifs is 1. The minimum absolute atomic E-state index is 0.0429. The van der Waals surface area contributed by atoms with Gasteiger partial charge in [0.1, 0.15) is 5.37 Å². The van der Waals surface area contributed by atoms with Crippen molar-refractivity contribution < 1.29 is 19.1 Å². The second-order valence-electron chi connectivity index (χ2n) is 6.13. The number of morpholine rings is 1. The molecule has 1 unspecified atom stereocenters. The summed E-state index contributed by atoms with van der Waals surface area (Å²) < 4.78 is 10.6. The monoisotopic (exact) mass is 379 g/mol. The molecule has 2 aliphatic heterocycles. The van der Waals surface area contributed by atoms with E-state index in [0.717, 1.165) is 24.4 Å². The zero-order valence-corrected chi connectivity index (χ0v) is 15.8. The number of amides is 2. The second kappa shape index (κ2) is 9.36. The molecule has 142 valence electrons. The molecule has 1 aromatic carbocycles. The topological polar surface area (TPSA) is 79.9 Å². The first-order valence-electron chi connectivity index (χ1n) is 8.98. The van der Waals surface area contributed by atoms with Crippen LogP contribution in [0, 0.1) is 0 Å². The third-order valence-corrected chi connectivity index (χ3v) is 5.64. The van der Waals surface area contributed by atoms with Crippen LogP contribution in [0.1, 0.15) is 23.7 Å². The van der Waals surface area contributed by atoms with E-state index in [0.29, 0.717) is 44.2 Å². The van der Waals surface area contributed by atoms with Gasteiger partial charge in [0.25, 0.3) is 11.8 Å². The zero-order chi connectivity index (χ0) is 18.4. The minimum Gasteiger partial charge on any atom is -0.382 e. The number of carbonyl (C=O) groups excluding carboxylic acids is 2. The lowest BCUT2D eigenvalue weighted by Gasteiger charge is -2.35. The third-order valence-electron chi connectivity index (χ3n) is 4.29. The Hall–Kier alpha value is -1.61. The number of thioether (sulfide) groups is 1. The molecule has 1 saturated heterocycles. The molecule has 0 aromatic heterocycles. The van der Waals surface area contributed by atoms with Gasteiger partial charge in [0.2, 0.25) is 0 Å². The highest BCUT2D eigenvalue weighted by molar-refractivity contribution is 8.00. The Labute approximate surface area is 157 Å². The molecule has 7 nitrogen and oxygen atoms in total. The van der Waals surface area contributed by atoms with Crippen molar-refractivity contribution in [2.75, 3.05) is 51.4 Å². The normalized spacial score (nSPS) is 20.3. The summed E-state index contributed by atoms with van der Waals surface area (Å²) in [6.45, 7) is 6.64. The molecule has 1 atom stereocenters. The Morgan fingerprint density at radius 3 is 3.00 bits per heavy atom. The summed E-state index contributed by atoms with van der Waals surface area (Å²) in [4.78, 5) is 27.9. The van der Waals surface area contributed by atoms with Crippen molar-refractivity contribution in [3.05, 3.63) is 23.8 Å². The number of benzene rings is 1. The van der Waals surface area contributed by atoms with Crippen molar-refractivity contribution in [1.82, 2.24) is 10.2 Å². The lowest BCUT2D eigenvalue weighted by Crippen LogP contribution is -2.48. The molecule has 2 aliphatic rings. The maximum atomic E-state index is 12.5. The molecule has 8 heteroatoms. The van der Waals surface area contributed by atoms with Gasteiger partial charge in [-0.25, -0.2) is 0 Å². The fourth-order valence-electron chi connectivity index (χ4n) is 2.91. The smallest absolute Gasteiger partial charge is 0.252 e. The van der Waals surface area contributed by atoms with E-state index in [9.17, 15) is 9.59 Å². The molecule has 0 radical (unpaired) electrons. The van der Waals surface area contributed by atoms with E-state index in [1.807, 2.05) is 13.0 Å². The van der Waals surface area contributed by atoms with E-state index in [1.54, 1.807) is 12.1 Å². The predicted octanol–water partition coefficient (Wildman–Crippen LogP) is 1.55. The molecular formula is C18H25N3O4S. The van der Waals surface area contributed by atoms with Crippen molar-refractivity contribution in [2.45, 2.75) is 23.6 Å². The number of ether oxygens (including phenoxy) is 2. The van der Waals surface area contributed by atoms with Crippen LogP contribution in [0.5, 0.6) is 0 Å². The molecule has 0 spiro atoms.